The first-order valence-corrected chi connectivity index (χ1v) is 15.5. The maximum absolute atomic E-state index is 14.1. The maximum Gasteiger partial charge on any atom is 0.319 e. The molecule has 1 atom stereocenters. The van der Waals surface area contributed by atoms with Crippen molar-refractivity contribution in [2.24, 2.45) is 7.05 Å². The molecule has 2 amide bonds. The summed E-state index contributed by atoms with van der Waals surface area (Å²) in [4.78, 5) is 36.7. The second-order valence-corrected chi connectivity index (χ2v) is 13.4. The van der Waals surface area contributed by atoms with E-state index >= 15 is 0 Å². The van der Waals surface area contributed by atoms with Gasteiger partial charge in [-0.05, 0) is 38.8 Å². The molecule has 1 saturated carbocycles. The number of hydrogen-bond donors (Lipinski definition) is 3. The Morgan fingerprint density at radius 1 is 1.19 bits per heavy atom. The zero-order valence-corrected chi connectivity index (χ0v) is 25.5. The molecular formula is C27H39N9O5S. The van der Waals surface area contributed by atoms with Gasteiger partial charge in [-0.2, -0.15) is 5.10 Å². The van der Waals surface area contributed by atoms with Crippen molar-refractivity contribution in [2.45, 2.75) is 49.8 Å². The molecule has 42 heavy (non-hydrogen) atoms. The Morgan fingerprint density at radius 3 is 2.45 bits per heavy atom. The zero-order chi connectivity index (χ0) is 30.4. The van der Waals surface area contributed by atoms with E-state index in [0.29, 0.717) is 37.4 Å². The Balaban J connectivity index is 1.65. The number of urea groups is 1. The molecule has 0 unspecified atom stereocenters. The second-order valence-electron chi connectivity index (χ2n) is 11.7. The molecule has 2 aromatic heterocycles. The zero-order valence-electron chi connectivity index (χ0n) is 24.7. The molecule has 15 heteroatoms. The fraction of sp³-hybridized carbons (Fsp3) is 0.556. The van der Waals surface area contributed by atoms with E-state index in [-0.39, 0.29) is 35.4 Å². The van der Waals surface area contributed by atoms with Gasteiger partial charge in [0.25, 0.3) is 5.56 Å². The quantitative estimate of drug-likeness (QED) is 0.320. The monoisotopic (exact) mass is 601 g/mol. The number of piperazine rings is 1. The number of aliphatic hydroxyl groups is 1. The highest BCUT2D eigenvalue weighted by Gasteiger charge is 2.41. The number of aryl methyl sites for hydroxylation is 1. The molecule has 1 aromatic carbocycles. The van der Waals surface area contributed by atoms with Crippen LogP contribution >= 0.6 is 0 Å². The molecule has 3 aromatic rings. The molecule has 14 nitrogen and oxygen atoms in total. The Hall–Kier alpha value is -3.69. The van der Waals surface area contributed by atoms with E-state index < -0.39 is 27.2 Å². The van der Waals surface area contributed by atoms with Gasteiger partial charge < -0.3 is 25.1 Å². The first kappa shape index (κ1) is 29.8. The predicted octanol–water partition coefficient (Wildman–Crippen LogP) is 0.605. The average Bonchev–Trinajstić information content (AvgIpc) is 3.50. The first-order chi connectivity index (χ1) is 19.8. The van der Waals surface area contributed by atoms with Crippen LogP contribution in [-0.2, 0) is 23.6 Å². The van der Waals surface area contributed by atoms with Crippen molar-refractivity contribution in [2.75, 3.05) is 57.0 Å². The third-order valence-electron chi connectivity index (χ3n) is 7.63. The molecule has 0 bridgehead atoms. The molecule has 3 heterocycles. The molecule has 2 fully saturated rings. The highest BCUT2D eigenvalue weighted by molar-refractivity contribution is 7.89. The SMILES string of the molecule is C[C@H](O)CNc1nc2c(N3CCN(C(=O)N(C)C)CC3)cc(S(=O)(=O)NC3(C)CC3)cc2c(=O)n1Cc1cnn(C)c1. The summed E-state index contributed by atoms with van der Waals surface area (Å²) in [5, 5.41) is 17.4. The molecule has 2 aliphatic rings. The van der Waals surface area contributed by atoms with E-state index in [9.17, 15) is 23.1 Å². The molecule has 1 aliphatic heterocycles. The summed E-state index contributed by atoms with van der Waals surface area (Å²) in [6.45, 7) is 5.50. The average molecular weight is 602 g/mol. The van der Waals surface area contributed by atoms with Gasteiger partial charge in [0.05, 0.1) is 34.8 Å². The Morgan fingerprint density at radius 2 is 1.88 bits per heavy atom. The van der Waals surface area contributed by atoms with E-state index in [1.807, 2.05) is 11.8 Å². The summed E-state index contributed by atoms with van der Waals surface area (Å²) in [7, 11) is 1.23. The van der Waals surface area contributed by atoms with Crippen LogP contribution in [0.25, 0.3) is 10.9 Å². The molecule has 1 saturated heterocycles. The largest absolute Gasteiger partial charge is 0.392 e. The van der Waals surface area contributed by atoms with Crippen LogP contribution < -0.4 is 20.5 Å². The van der Waals surface area contributed by atoms with Crippen LogP contribution in [0, 0.1) is 0 Å². The number of amides is 2. The number of hydrogen-bond acceptors (Lipinski definition) is 9. The van der Waals surface area contributed by atoms with Crippen LogP contribution in [-0.4, -0.2) is 107 Å². The number of nitrogens with zero attached hydrogens (tertiary/aromatic N) is 7. The summed E-state index contributed by atoms with van der Waals surface area (Å²) in [5.74, 6) is 0.249. The van der Waals surface area contributed by atoms with Gasteiger partial charge in [-0.15, -0.1) is 0 Å². The summed E-state index contributed by atoms with van der Waals surface area (Å²) in [6.07, 6.45) is 4.22. The number of anilines is 2. The predicted molar refractivity (Wildman–Crippen MR) is 159 cm³/mol. The minimum absolute atomic E-state index is 0.0126. The molecule has 0 radical (unpaired) electrons. The number of aromatic nitrogens is 4. The van der Waals surface area contributed by atoms with E-state index in [0.717, 1.165) is 18.4 Å². The summed E-state index contributed by atoms with van der Waals surface area (Å²) >= 11 is 0. The van der Waals surface area contributed by atoms with Crippen molar-refractivity contribution in [1.29, 1.82) is 0 Å². The Kier molecular flexibility index (Phi) is 7.94. The van der Waals surface area contributed by atoms with Crippen molar-refractivity contribution < 1.29 is 18.3 Å². The summed E-state index contributed by atoms with van der Waals surface area (Å²) < 4.78 is 33.0. The van der Waals surface area contributed by atoms with E-state index in [1.54, 1.807) is 56.1 Å². The van der Waals surface area contributed by atoms with Gasteiger partial charge in [-0.3, -0.25) is 14.0 Å². The summed E-state index contributed by atoms with van der Waals surface area (Å²) in [5.41, 5.74) is 0.680. The number of nitrogens with one attached hydrogen (secondary N) is 2. The number of benzene rings is 1. The molecule has 3 N–H and O–H groups in total. The number of carbonyl (C=O) groups is 1. The Bertz CT molecular complexity index is 1650. The fourth-order valence-corrected chi connectivity index (χ4v) is 6.54. The second kappa shape index (κ2) is 11.2. The molecular weight excluding hydrogens is 562 g/mol. The third-order valence-corrected chi connectivity index (χ3v) is 9.25. The fourth-order valence-electron chi connectivity index (χ4n) is 5.03. The van der Waals surface area contributed by atoms with Gasteiger partial charge in [0.1, 0.15) is 5.52 Å². The number of aliphatic hydroxyl groups excluding tert-OH is 1. The van der Waals surface area contributed by atoms with Crippen molar-refractivity contribution in [3.63, 3.8) is 0 Å². The van der Waals surface area contributed by atoms with Crippen LogP contribution in [0.2, 0.25) is 0 Å². The van der Waals surface area contributed by atoms with E-state index in [4.69, 9.17) is 4.98 Å². The van der Waals surface area contributed by atoms with Gasteiger partial charge >= 0.3 is 6.03 Å². The molecule has 5 rings (SSSR count). The topological polar surface area (TPSA) is 158 Å². The van der Waals surface area contributed by atoms with Crippen molar-refractivity contribution in [1.82, 2.24) is 33.9 Å². The lowest BCUT2D eigenvalue weighted by Gasteiger charge is -2.37. The van der Waals surface area contributed by atoms with E-state index in [2.05, 4.69) is 15.1 Å². The van der Waals surface area contributed by atoms with Crippen LogP contribution in [0.3, 0.4) is 0 Å². The maximum atomic E-state index is 14.1. The standard InChI is InChI=1S/C27H39N9O5S/c1-18(37)14-28-25-30-23-21(24(38)36(25)17-19-15-29-33(5)16-19)12-20(42(40,41)31-27(2)6-7-27)13-22(23)34-8-10-35(11-9-34)26(39)32(3)4/h12-13,15-16,18,31,37H,6-11,14,17H2,1-5H3,(H,28,30)/t18-/m0/s1. The van der Waals surface area contributed by atoms with Crippen molar-refractivity contribution >= 4 is 38.6 Å². The number of sulfonamides is 1. The first-order valence-electron chi connectivity index (χ1n) is 14.0. The smallest absolute Gasteiger partial charge is 0.319 e. The number of carbonyl (C=O) groups excluding carboxylic acids is 1. The van der Waals surface area contributed by atoms with Gasteiger partial charge in [-0.1, -0.05) is 0 Å². The Labute approximate surface area is 245 Å². The van der Waals surface area contributed by atoms with Gasteiger partial charge in [-0.25, -0.2) is 22.9 Å². The highest BCUT2D eigenvalue weighted by atomic mass is 32.2. The van der Waals surface area contributed by atoms with Crippen LogP contribution in [0.4, 0.5) is 16.4 Å². The lowest BCUT2D eigenvalue weighted by molar-refractivity contribution is 0.168. The minimum atomic E-state index is -3.95. The van der Waals surface area contributed by atoms with Gasteiger partial charge in [0.15, 0.2) is 0 Å². The van der Waals surface area contributed by atoms with Gasteiger partial charge in [0, 0.05) is 71.2 Å². The molecule has 0 spiro atoms. The van der Waals surface area contributed by atoms with Crippen molar-refractivity contribution in [3.8, 4) is 0 Å². The summed E-state index contributed by atoms with van der Waals surface area (Å²) in [6, 6.07) is 2.86. The number of rotatable bonds is 9. The van der Waals surface area contributed by atoms with E-state index in [1.165, 1.54) is 15.5 Å². The minimum Gasteiger partial charge on any atom is -0.392 e. The van der Waals surface area contributed by atoms with Gasteiger partial charge in [0.2, 0.25) is 16.0 Å². The highest BCUT2D eigenvalue weighted by Crippen LogP contribution is 2.37. The molecule has 1 aliphatic carbocycles. The molecule has 228 valence electrons. The van der Waals surface area contributed by atoms with Crippen LogP contribution in [0.15, 0.2) is 34.2 Å². The normalized spacial score (nSPS) is 17.4. The number of fused-ring (bicyclic) bond motifs is 1. The van der Waals surface area contributed by atoms with Crippen molar-refractivity contribution in [3.05, 3.63) is 40.4 Å². The van der Waals surface area contributed by atoms with Crippen LogP contribution in [0.1, 0.15) is 32.3 Å². The lowest BCUT2D eigenvalue weighted by atomic mass is 10.1. The third kappa shape index (κ3) is 6.22. The van der Waals surface area contributed by atoms with Crippen LogP contribution in [0.5, 0.6) is 0 Å². The lowest BCUT2D eigenvalue weighted by Crippen LogP contribution is -2.51.